The van der Waals surface area contributed by atoms with Crippen LogP contribution >= 0.6 is 0 Å². The molecule has 10 nitrogen and oxygen atoms in total. The summed E-state index contributed by atoms with van der Waals surface area (Å²) in [4.78, 5) is 28.2. The van der Waals surface area contributed by atoms with E-state index in [4.69, 9.17) is 29.0 Å². The molecule has 124 valence electrons. The number of pyridine rings is 2. The number of primary amides is 2. The van der Waals surface area contributed by atoms with Gasteiger partial charge in [0, 0.05) is 35.2 Å². The molecular formula is C12H12N4O6SZn. The van der Waals surface area contributed by atoms with Gasteiger partial charge in [0.05, 0.1) is 11.1 Å². The van der Waals surface area contributed by atoms with Crippen molar-refractivity contribution in [2.45, 2.75) is 0 Å². The summed E-state index contributed by atoms with van der Waals surface area (Å²) >= 11 is 0. The molecule has 0 radical (unpaired) electrons. The van der Waals surface area contributed by atoms with Crippen molar-refractivity contribution in [1.82, 2.24) is 9.97 Å². The van der Waals surface area contributed by atoms with Crippen LogP contribution in [-0.2, 0) is 29.9 Å². The summed E-state index contributed by atoms with van der Waals surface area (Å²) in [7, 11) is -5.17. The second-order valence-corrected chi connectivity index (χ2v) is 4.44. The van der Waals surface area contributed by atoms with Gasteiger partial charge in [0.1, 0.15) is 0 Å². The van der Waals surface area contributed by atoms with E-state index in [-0.39, 0.29) is 19.5 Å². The van der Waals surface area contributed by atoms with E-state index < -0.39 is 22.2 Å². The Kier molecular flexibility index (Phi) is 12.2. The van der Waals surface area contributed by atoms with E-state index in [1.165, 1.54) is 12.4 Å². The third kappa shape index (κ3) is 14.7. The Labute approximate surface area is 150 Å². The maximum atomic E-state index is 10.4. The van der Waals surface area contributed by atoms with E-state index in [1.54, 1.807) is 36.7 Å². The van der Waals surface area contributed by atoms with Gasteiger partial charge in [0.2, 0.25) is 11.8 Å². The Morgan fingerprint density at radius 2 is 1.17 bits per heavy atom. The molecule has 12 heteroatoms. The minimum atomic E-state index is -5.17. The number of hydrogen-bond acceptors (Lipinski definition) is 8. The number of aromatic nitrogens is 2. The van der Waals surface area contributed by atoms with Crippen molar-refractivity contribution in [3.8, 4) is 0 Å². The maximum Gasteiger partial charge on any atom is 2.00 e. The first-order valence-corrected chi connectivity index (χ1v) is 7.01. The molecule has 2 aromatic rings. The van der Waals surface area contributed by atoms with Gasteiger partial charge in [0.15, 0.2) is 0 Å². The molecule has 2 heterocycles. The van der Waals surface area contributed by atoms with Crippen molar-refractivity contribution >= 4 is 22.2 Å². The Balaban J connectivity index is 0. The fourth-order valence-electron chi connectivity index (χ4n) is 1.02. The molecule has 0 bridgehead atoms. The number of carbonyl (C=O) groups is 2. The molecule has 2 amide bonds. The molecular weight excluding hydrogens is 394 g/mol. The quantitative estimate of drug-likeness (QED) is 0.361. The minimum Gasteiger partial charge on any atom is -0.759 e. The first-order valence-electron chi connectivity index (χ1n) is 5.67. The van der Waals surface area contributed by atoms with Gasteiger partial charge >= 0.3 is 19.5 Å². The van der Waals surface area contributed by atoms with E-state index >= 15 is 0 Å². The number of nitrogens with zero attached hydrogens (tertiary/aromatic N) is 2. The molecule has 2 aromatic heterocycles. The predicted molar refractivity (Wildman–Crippen MR) is 76.0 cm³/mol. The topological polar surface area (TPSA) is 192 Å². The summed E-state index contributed by atoms with van der Waals surface area (Å²) in [6.45, 7) is 0. The molecule has 2 rings (SSSR count). The summed E-state index contributed by atoms with van der Waals surface area (Å²) in [6.07, 6.45) is 6.05. The van der Waals surface area contributed by atoms with E-state index in [1.807, 2.05) is 0 Å². The molecule has 0 aliphatic rings. The average molecular weight is 406 g/mol. The summed E-state index contributed by atoms with van der Waals surface area (Å²) in [6, 6.07) is 6.57. The fraction of sp³-hybridized carbons (Fsp3) is 0. The molecule has 0 spiro atoms. The third-order valence-electron chi connectivity index (χ3n) is 1.89. The number of amides is 2. The van der Waals surface area contributed by atoms with Crippen molar-refractivity contribution in [2.24, 2.45) is 11.5 Å². The van der Waals surface area contributed by atoms with Crippen LogP contribution in [-0.4, -0.2) is 39.3 Å². The van der Waals surface area contributed by atoms with Crippen LogP contribution < -0.4 is 11.5 Å². The summed E-state index contributed by atoms with van der Waals surface area (Å²) in [5.74, 6) is -0.883. The maximum absolute atomic E-state index is 10.4. The van der Waals surface area contributed by atoms with Gasteiger partial charge in [-0.05, 0) is 24.3 Å². The van der Waals surface area contributed by atoms with E-state index in [0.29, 0.717) is 11.1 Å². The van der Waals surface area contributed by atoms with Crippen LogP contribution in [0.4, 0.5) is 0 Å². The van der Waals surface area contributed by atoms with E-state index in [2.05, 4.69) is 9.97 Å². The second-order valence-electron chi connectivity index (χ2n) is 3.62. The number of nitrogens with two attached hydrogens (primary N) is 2. The third-order valence-corrected chi connectivity index (χ3v) is 1.89. The molecule has 0 aliphatic carbocycles. The van der Waals surface area contributed by atoms with Gasteiger partial charge in [-0.25, -0.2) is 0 Å². The fourth-order valence-corrected chi connectivity index (χ4v) is 1.02. The van der Waals surface area contributed by atoms with Gasteiger partial charge in [-0.15, -0.1) is 0 Å². The van der Waals surface area contributed by atoms with Crippen molar-refractivity contribution in [2.75, 3.05) is 0 Å². The molecule has 0 unspecified atom stereocenters. The van der Waals surface area contributed by atoms with Crippen LogP contribution in [0, 0.1) is 0 Å². The number of hydrogen-bond donors (Lipinski definition) is 2. The van der Waals surface area contributed by atoms with Crippen LogP contribution in [0.25, 0.3) is 0 Å². The van der Waals surface area contributed by atoms with Crippen molar-refractivity contribution < 1.29 is 46.6 Å². The first-order chi connectivity index (χ1) is 10.6. The molecule has 24 heavy (non-hydrogen) atoms. The summed E-state index contributed by atoms with van der Waals surface area (Å²) in [5.41, 5.74) is 10.8. The van der Waals surface area contributed by atoms with Crippen LogP contribution in [0.15, 0.2) is 49.1 Å². The Bertz CT molecular complexity index is 670. The molecule has 0 aromatic carbocycles. The van der Waals surface area contributed by atoms with E-state index in [9.17, 15) is 9.59 Å². The summed E-state index contributed by atoms with van der Waals surface area (Å²) < 4.78 is 34.1. The smallest absolute Gasteiger partial charge is 0.759 e. The van der Waals surface area contributed by atoms with Crippen LogP contribution in [0.1, 0.15) is 20.7 Å². The second kappa shape index (κ2) is 12.2. The Morgan fingerprint density at radius 3 is 1.29 bits per heavy atom. The zero-order chi connectivity index (χ0) is 17.9. The zero-order valence-corrected chi connectivity index (χ0v) is 16.0. The largest absolute Gasteiger partial charge is 2.00 e. The Hall–Kier alpha value is -2.27. The molecule has 0 saturated carbocycles. The van der Waals surface area contributed by atoms with Crippen LogP contribution in [0.5, 0.6) is 0 Å². The SMILES string of the molecule is NC(=O)c1cccnc1.NC(=O)c1cccnc1.O=S(=O)([O-])[O-].[Zn+2]. The monoisotopic (exact) mass is 404 g/mol. The molecule has 0 fully saturated rings. The molecule has 0 saturated heterocycles. The van der Waals surface area contributed by atoms with Crippen molar-refractivity contribution in [1.29, 1.82) is 0 Å². The van der Waals surface area contributed by atoms with E-state index in [0.717, 1.165) is 0 Å². The number of rotatable bonds is 2. The minimum absolute atomic E-state index is 0. The molecule has 0 aliphatic heterocycles. The van der Waals surface area contributed by atoms with Gasteiger partial charge in [-0.1, -0.05) is 0 Å². The predicted octanol–water partition coefficient (Wildman–Crippen LogP) is -0.979. The standard InChI is InChI=1S/2C6H6N2O.H2O4S.Zn/c2*7-6(9)5-2-1-3-8-4-5;1-5(2,3)4;/h2*1-4H,(H2,7,9);(H2,1,2,3,4);/q;;;+2/p-2. The zero-order valence-electron chi connectivity index (χ0n) is 12.2. The summed E-state index contributed by atoms with van der Waals surface area (Å²) in [5, 5.41) is 0. The number of carbonyl (C=O) groups excluding carboxylic acids is 2. The van der Waals surface area contributed by atoms with Gasteiger partial charge in [-0.3, -0.25) is 28.0 Å². The van der Waals surface area contributed by atoms with Crippen molar-refractivity contribution in [3.63, 3.8) is 0 Å². The van der Waals surface area contributed by atoms with Gasteiger partial charge < -0.3 is 20.6 Å². The van der Waals surface area contributed by atoms with Crippen molar-refractivity contribution in [3.05, 3.63) is 60.2 Å². The first kappa shape index (κ1) is 24.0. The normalized spacial score (nSPS) is 9.08. The molecule has 4 N–H and O–H groups in total. The Morgan fingerprint density at radius 1 is 0.875 bits per heavy atom. The average Bonchev–Trinajstić information content (AvgIpc) is 2.48. The van der Waals surface area contributed by atoms with Gasteiger partial charge in [-0.2, -0.15) is 0 Å². The van der Waals surface area contributed by atoms with Crippen LogP contribution in [0.3, 0.4) is 0 Å². The van der Waals surface area contributed by atoms with Gasteiger partial charge in [0.25, 0.3) is 0 Å². The molecule has 0 atom stereocenters. The van der Waals surface area contributed by atoms with Crippen LogP contribution in [0.2, 0.25) is 0 Å².